The molecule has 0 saturated carbocycles. The first-order valence-corrected chi connectivity index (χ1v) is 40.6. The van der Waals surface area contributed by atoms with E-state index in [4.69, 9.17) is 0 Å². The highest BCUT2D eigenvalue weighted by atomic mass is 16.5. The van der Waals surface area contributed by atoms with Gasteiger partial charge in [-0.15, -0.1) is 0 Å². The van der Waals surface area contributed by atoms with Gasteiger partial charge in [0.05, 0.1) is 36.0 Å². The number of nitrogens with one attached hydrogen (secondary N) is 6. The van der Waals surface area contributed by atoms with E-state index in [0.29, 0.717) is 129 Å². The second-order valence-electron chi connectivity index (χ2n) is 36.2. The number of rotatable bonds is 16. The summed E-state index contributed by atoms with van der Waals surface area (Å²) >= 11 is 0. The summed E-state index contributed by atoms with van der Waals surface area (Å²) in [6.07, 6.45) is 16.9. The van der Waals surface area contributed by atoms with Gasteiger partial charge in [0.25, 0.3) is 0 Å². The Bertz CT molecular complexity index is 3170. The fourth-order valence-corrected chi connectivity index (χ4v) is 18.0. The first-order chi connectivity index (χ1) is 50.7. The standard InChI is InChI=1S/2C43H67N5O6/c2*1-28(2)22-33-19-18-32(23-30-14-10-9-11-15-30)40(52)47-21-13-17-36(47)38(50)25-34(29(3)4)39(51)46-35(16-12-20-44-41(53)45-33)37(49)24-31-26-42(5,6)48(54)43(7,8)27-31/h2*9-11,14-15,18-19,28-29,31-36,54H,12-13,16-17,20-27H2,1-8H3,(H,46,51)(H2,44,45,53)/b2*19-18+/t32-,33+,34?,35+,36+;/m1./s1. The summed E-state index contributed by atoms with van der Waals surface area (Å²) in [6.45, 7) is 33.2. The maximum Gasteiger partial charge on any atom is 0.315 e. The van der Waals surface area contributed by atoms with Crippen LogP contribution >= 0.6 is 0 Å². The minimum absolute atomic E-state index is 0.00806. The molecule has 0 bridgehead atoms. The molecule has 0 spiro atoms. The van der Waals surface area contributed by atoms with Crippen LogP contribution in [0, 0.1) is 59.2 Å². The fraction of sp³-hybridized carbons (Fsp3) is 0.698. The molecule has 0 aromatic heterocycles. The molecular weight excluding hydrogens is 1370 g/mol. The van der Waals surface area contributed by atoms with Crippen LogP contribution in [0.2, 0.25) is 0 Å². The second-order valence-corrected chi connectivity index (χ2v) is 36.2. The fourth-order valence-electron chi connectivity index (χ4n) is 18.0. The highest BCUT2D eigenvalue weighted by Gasteiger charge is 2.49. The molecule has 10 atom stereocenters. The summed E-state index contributed by atoms with van der Waals surface area (Å²) in [5.41, 5.74) is -0.0853. The normalized spacial score (nSPS) is 28.7. The van der Waals surface area contributed by atoms with Gasteiger partial charge in [-0.1, -0.05) is 140 Å². The van der Waals surface area contributed by atoms with E-state index >= 15 is 0 Å². The van der Waals surface area contributed by atoms with Crippen molar-refractivity contribution < 1.29 is 58.4 Å². The molecule has 22 heteroatoms. The first kappa shape index (κ1) is 88.1. The smallest absolute Gasteiger partial charge is 0.315 e. The number of hydrogen-bond donors (Lipinski definition) is 8. The van der Waals surface area contributed by atoms with Crippen LogP contribution < -0.4 is 31.9 Å². The van der Waals surface area contributed by atoms with Crippen molar-refractivity contribution in [2.75, 3.05) is 26.2 Å². The van der Waals surface area contributed by atoms with Crippen molar-refractivity contribution in [2.24, 2.45) is 59.2 Å². The van der Waals surface area contributed by atoms with Gasteiger partial charge in [-0.25, -0.2) is 9.59 Å². The summed E-state index contributed by atoms with van der Waals surface area (Å²) in [4.78, 5) is 143. The predicted octanol–water partition coefficient (Wildman–Crippen LogP) is 12.5. The monoisotopic (exact) mass is 1500 g/mol. The number of hydrogen-bond acceptors (Lipinski definition) is 14. The molecule has 6 aliphatic heterocycles. The molecule has 108 heavy (non-hydrogen) atoms. The molecule has 600 valence electrons. The van der Waals surface area contributed by atoms with Crippen LogP contribution in [0.3, 0.4) is 0 Å². The molecule has 8 rings (SSSR count). The van der Waals surface area contributed by atoms with Crippen LogP contribution in [0.4, 0.5) is 9.59 Å². The third kappa shape index (κ3) is 25.5. The Balaban J connectivity index is 0.000000301. The number of piperidine rings is 2. The van der Waals surface area contributed by atoms with E-state index in [1.807, 2.05) is 168 Å². The van der Waals surface area contributed by atoms with Gasteiger partial charge in [0.15, 0.2) is 23.1 Å². The van der Waals surface area contributed by atoms with Gasteiger partial charge >= 0.3 is 12.1 Å². The lowest BCUT2D eigenvalue weighted by atomic mass is 9.73. The minimum atomic E-state index is -0.792. The van der Waals surface area contributed by atoms with Crippen molar-refractivity contribution in [3.8, 4) is 0 Å². The van der Waals surface area contributed by atoms with Gasteiger partial charge in [0.1, 0.15) is 0 Å². The average Bonchev–Trinajstić information content (AvgIpc) is 1.06. The average molecular weight is 1500 g/mol. The van der Waals surface area contributed by atoms with Gasteiger partial charge < -0.3 is 52.1 Å². The number of hydroxylamine groups is 4. The van der Waals surface area contributed by atoms with E-state index in [2.05, 4.69) is 59.6 Å². The van der Waals surface area contributed by atoms with Crippen LogP contribution in [0.1, 0.15) is 237 Å². The third-order valence-corrected chi connectivity index (χ3v) is 23.2. The zero-order chi connectivity index (χ0) is 79.6. The zero-order valence-corrected chi connectivity index (χ0v) is 68.1. The third-order valence-electron chi connectivity index (χ3n) is 23.2. The Morgan fingerprint density at radius 2 is 0.787 bits per heavy atom. The summed E-state index contributed by atoms with van der Waals surface area (Å²) in [7, 11) is 0. The number of carbonyl (C=O) groups excluding carboxylic acids is 10. The number of carbonyl (C=O) groups is 10. The van der Waals surface area contributed by atoms with Crippen molar-refractivity contribution >= 4 is 58.8 Å². The lowest BCUT2D eigenvalue weighted by Gasteiger charge is -2.51. The lowest BCUT2D eigenvalue weighted by Crippen LogP contribution is -2.59. The summed E-state index contributed by atoms with van der Waals surface area (Å²) in [6, 6.07) is 15.4. The molecule has 8 amide bonds. The quantitative estimate of drug-likeness (QED) is 0.0725. The maximum atomic E-state index is 14.4. The van der Waals surface area contributed by atoms with E-state index in [1.165, 1.54) is 10.1 Å². The predicted molar refractivity (Wildman–Crippen MR) is 421 cm³/mol. The molecule has 2 aromatic rings. The number of fused-ring (bicyclic) bond motifs is 2. The topological polar surface area (TPSA) is 296 Å². The summed E-state index contributed by atoms with van der Waals surface area (Å²) < 4.78 is 0. The maximum absolute atomic E-state index is 14.4. The molecule has 6 heterocycles. The van der Waals surface area contributed by atoms with Crippen LogP contribution in [0.5, 0.6) is 0 Å². The van der Waals surface area contributed by atoms with Crippen molar-refractivity contribution in [1.82, 2.24) is 51.8 Å². The highest BCUT2D eigenvalue weighted by Crippen LogP contribution is 2.43. The molecule has 4 saturated heterocycles. The molecule has 4 fully saturated rings. The Labute approximate surface area is 645 Å². The van der Waals surface area contributed by atoms with Crippen LogP contribution in [-0.2, 0) is 51.2 Å². The number of nitrogens with zero attached hydrogens (tertiary/aromatic N) is 4. The molecule has 0 radical (unpaired) electrons. The Morgan fingerprint density at radius 3 is 1.10 bits per heavy atom. The SMILES string of the molecule is CC(C)CC1/C=C/C(Cc2ccccc2)C(=O)N2CCCC2C(=O)CC(C(C)C)C(=O)NC(C(=O)CC2CC(C)(C)N(O)C(C)(C)C2)CCCNC(=O)N1.CC(C)C[C@@H]1/C=C/[C@H](Cc2ccccc2)C(=O)N2CCC[C@H]2C(=O)CC(C(C)C)C(=O)N[C@H](C(=O)CC2CC(C)(C)N(O)C(C)(C)C2)CCCNC(=O)N1. The Kier molecular flexibility index (Phi) is 32.3. The minimum Gasteiger partial charge on any atom is -0.346 e. The van der Waals surface area contributed by atoms with Gasteiger partial charge in [-0.05, 0) is 205 Å². The number of urea groups is 2. The van der Waals surface area contributed by atoms with Crippen molar-refractivity contribution in [3.05, 3.63) is 96.1 Å². The van der Waals surface area contributed by atoms with Crippen molar-refractivity contribution in [3.63, 3.8) is 0 Å². The van der Waals surface area contributed by atoms with Gasteiger partial charge in [0, 0.05) is 97.9 Å². The molecular formula is C86H134N10O12. The number of benzene rings is 2. The molecule has 2 aromatic carbocycles. The largest absolute Gasteiger partial charge is 0.346 e. The zero-order valence-electron chi connectivity index (χ0n) is 68.1. The van der Waals surface area contributed by atoms with Gasteiger partial charge in [-0.2, -0.15) is 10.1 Å². The summed E-state index contributed by atoms with van der Waals surface area (Å²) in [5, 5.41) is 42.6. The molecule has 8 N–H and O–H groups in total. The number of Topliss-reactive ketones (excluding diaryl/α,β-unsaturated/α-hetero) is 4. The van der Waals surface area contributed by atoms with Gasteiger partial charge in [0.2, 0.25) is 23.6 Å². The van der Waals surface area contributed by atoms with Crippen LogP contribution in [-0.4, -0.2) is 174 Å². The van der Waals surface area contributed by atoms with Crippen molar-refractivity contribution in [2.45, 2.75) is 298 Å². The van der Waals surface area contributed by atoms with E-state index in [-0.39, 0.29) is 132 Å². The number of amides is 8. The van der Waals surface area contributed by atoms with Gasteiger partial charge in [-0.3, -0.25) is 38.4 Å². The lowest BCUT2D eigenvalue weighted by molar-refractivity contribution is -0.251. The van der Waals surface area contributed by atoms with Crippen molar-refractivity contribution in [1.29, 1.82) is 0 Å². The van der Waals surface area contributed by atoms with E-state index < -0.39 is 70.0 Å². The second kappa shape index (κ2) is 39.7. The summed E-state index contributed by atoms with van der Waals surface area (Å²) in [5.74, 6) is -3.64. The highest BCUT2D eigenvalue weighted by molar-refractivity contribution is 5.97. The van der Waals surface area contributed by atoms with Crippen LogP contribution in [0.15, 0.2) is 85.0 Å². The molecule has 22 nitrogen and oxygen atoms in total. The van der Waals surface area contributed by atoms with Crippen LogP contribution in [0.25, 0.3) is 0 Å². The first-order valence-electron chi connectivity index (χ1n) is 40.6. The molecule has 6 aliphatic rings. The molecule has 6 unspecified atom stereocenters. The Morgan fingerprint density at radius 1 is 0.454 bits per heavy atom. The van der Waals surface area contributed by atoms with E-state index in [0.717, 1.165) is 11.1 Å². The molecule has 0 aliphatic carbocycles. The number of ketones is 4. The van der Waals surface area contributed by atoms with E-state index in [9.17, 15) is 58.4 Å². The van der Waals surface area contributed by atoms with E-state index in [1.54, 1.807) is 9.80 Å². The Hall–Kier alpha value is -7.14.